The van der Waals surface area contributed by atoms with Gasteiger partial charge < -0.3 is 19.5 Å². The summed E-state index contributed by atoms with van der Waals surface area (Å²) in [5, 5.41) is 3.28. The van der Waals surface area contributed by atoms with Gasteiger partial charge in [0.15, 0.2) is 0 Å². The number of amides is 1. The third kappa shape index (κ3) is 4.30. The first-order valence-corrected chi connectivity index (χ1v) is 10.2. The highest BCUT2D eigenvalue weighted by molar-refractivity contribution is 5.95. The molecule has 1 aliphatic heterocycles. The summed E-state index contributed by atoms with van der Waals surface area (Å²) in [7, 11) is 0. The Morgan fingerprint density at radius 2 is 1.67 bits per heavy atom. The zero-order valence-electron chi connectivity index (χ0n) is 17.9. The molecule has 2 aromatic heterocycles. The van der Waals surface area contributed by atoms with Crippen LogP contribution in [0.25, 0.3) is 0 Å². The van der Waals surface area contributed by atoms with Crippen molar-refractivity contribution in [3.8, 4) is 0 Å². The minimum Gasteiger partial charge on any atom is -0.466 e. The predicted molar refractivity (Wildman–Crippen MR) is 118 cm³/mol. The molecule has 1 N–H and O–H groups in total. The number of carbonyl (C=O) groups is 1. The van der Waals surface area contributed by atoms with Crippen LogP contribution < -0.4 is 10.2 Å². The molecular formula is C23H27N5O2. The van der Waals surface area contributed by atoms with Gasteiger partial charge in [0, 0.05) is 43.6 Å². The summed E-state index contributed by atoms with van der Waals surface area (Å²) in [4.78, 5) is 26.1. The van der Waals surface area contributed by atoms with Crippen LogP contribution in [-0.2, 0) is 0 Å². The Morgan fingerprint density at radius 3 is 2.30 bits per heavy atom. The molecule has 0 aliphatic carbocycles. The van der Waals surface area contributed by atoms with Gasteiger partial charge in [-0.25, -0.2) is 4.98 Å². The summed E-state index contributed by atoms with van der Waals surface area (Å²) in [6, 6.07) is 12.0. The van der Waals surface area contributed by atoms with E-state index in [0.717, 1.165) is 36.0 Å². The molecular weight excluding hydrogens is 378 g/mol. The number of hydrogen-bond donors (Lipinski definition) is 1. The number of hydrogen-bond acceptors (Lipinski definition) is 6. The summed E-state index contributed by atoms with van der Waals surface area (Å²) < 4.78 is 5.52. The van der Waals surface area contributed by atoms with Crippen LogP contribution in [0.15, 0.2) is 40.8 Å². The molecule has 3 heterocycles. The summed E-state index contributed by atoms with van der Waals surface area (Å²) in [6.07, 6.45) is 0. The molecule has 7 nitrogen and oxygen atoms in total. The third-order valence-electron chi connectivity index (χ3n) is 5.31. The van der Waals surface area contributed by atoms with Crippen LogP contribution in [0.1, 0.15) is 33.1 Å². The molecule has 0 unspecified atom stereocenters. The molecule has 1 fully saturated rings. The highest BCUT2D eigenvalue weighted by atomic mass is 16.3. The van der Waals surface area contributed by atoms with Crippen LogP contribution in [-0.4, -0.2) is 47.0 Å². The fourth-order valence-corrected chi connectivity index (χ4v) is 3.69. The SMILES string of the molecule is Cc1ccc(Nc2nc(C)cc(N3CCN(C(=O)c4cc(C)oc4C)CC3)n2)cc1. The average molecular weight is 406 g/mol. The number of nitrogens with one attached hydrogen (secondary N) is 1. The molecule has 1 saturated heterocycles. The van der Waals surface area contributed by atoms with Crippen molar-refractivity contribution in [1.82, 2.24) is 14.9 Å². The molecule has 4 rings (SSSR count). The van der Waals surface area contributed by atoms with Crippen LogP contribution in [0, 0.1) is 27.7 Å². The van der Waals surface area contributed by atoms with Gasteiger partial charge in [-0.1, -0.05) is 17.7 Å². The quantitative estimate of drug-likeness (QED) is 0.707. The van der Waals surface area contributed by atoms with E-state index in [2.05, 4.69) is 34.3 Å². The predicted octanol–water partition coefficient (Wildman–Crippen LogP) is 4.01. The van der Waals surface area contributed by atoms with Crippen molar-refractivity contribution in [3.05, 3.63) is 64.7 Å². The Morgan fingerprint density at radius 1 is 0.967 bits per heavy atom. The zero-order valence-corrected chi connectivity index (χ0v) is 17.9. The largest absolute Gasteiger partial charge is 0.466 e. The number of rotatable bonds is 4. The maximum Gasteiger partial charge on any atom is 0.257 e. The minimum atomic E-state index is 0.0320. The Labute approximate surface area is 176 Å². The van der Waals surface area contributed by atoms with E-state index < -0.39 is 0 Å². The van der Waals surface area contributed by atoms with E-state index in [-0.39, 0.29) is 5.91 Å². The second-order valence-corrected chi connectivity index (χ2v) is 7.79. The van der Waals surface area contributed by atoms with E-state index in [1.54, 1.807) is 0 Å². The molecule has 1 aliphatic rings. The maximum absolute atomic E-state index is 12.8. The van der Waals surface area contributed by atoms with Gasteiger partial charge >= 0.3 is 0 Å². The first-order valence-electron chi connectivity index (χ1n) is 10.2. The smallest absolute Gasteiger partial charge is 0.257 e. The summed E-state index contributed by atoms with van der Waals surface area (Å²) in [5.74, 6) is 2.93. The van der Waals surface area contributed by atoms with E-state index in [9.17, 15) is 4.79 Å². The molecule has 156 valence electrons. The van der Waals surface area contributed by atoms with Gasteiger partial charge in [0.25, 0.3) is 5.91 Å². The number of anilines is 3. The Bertz CT molecular complexity index is 1050. The highest BCUT2D eigenvalue weighted by Gasteiger charge is 2.25. The fourth-order valence-electron chi connectivity index (χ4n) is 3.69. The molecule has 3 aromatic rings. The third-order valence-corrected chi connectivity index (χ3v) is 5.31. The Balaban J connectivity index is 1.44. The van der Waals surface area contributed by atoms with Gasteiger partial charge in [-0.15, -0.1) is 0 Å². The van der Waals surface area contributed by atoms with E-state index >= 15 is 0 Å². The number of nitrogens with zero attached hydrogens (tertiary/aromatic N) is 4. The lowest BCUT2D eigenvalue weighted by Gasteiger charge is -2.35. The lowest BCUT2D eigenvalue weighted by atomic mass is 10.2. The molecule has 0 saturated carbocycles. The van der Waals surface area contributed by atoms with Crippen molar-refractivity contribution in [2.24, 2.45) is 0 Å². The van der Waals surface area contributed by atoms with Crippen molar-refractivity contribution < 1.29 is 9.21 Å². The lowest BCUT2D eigenvalue weighted by molar-refractivity contribution is 0.0744. The molecule has 0 radical (unpaired) electrons. The number of benzene rings is 1. The van der Waals surface area contributed by atoms with Crippen LogP contribution in [0.5, 0.6) is 0 Å². The van der Waals surface area contributed by atoms with E-state index in [4.69, 9.17) is 9.40 Å². The molecule has 1 aromatic carbocycles. The summed E-state index contributed by atoms with van der Waals surface area (Å²) in [5.41, 5.74) is 3.72. The summed E-state index contributed by atoms with van der Waals surface area (Å²) in [6.45, 7) is 10.5. The van der Waals surface area contributed by atoms with Crippen molar-refractivity contribution in [2.75, 3.05) is 36.4 Å². The zero-order chi connectivity index (χ0) is 21.3. The molecule has 0 atom stereocenters. The monoisotopic (exact) mass is 405 g/mol. The normalized spacial score (nSPS) is 14.1. The standard InChI is InChI=1S/C23H27N5O2/c1-15-5-7-19(8-6-15)25-23-24-16(2)13-21(26-23)27-9-11-28(12-10-27)22(29)20-14-17(3)30-18(20)4/h5-8,13-14H,9-12H2,1-4H3,(H,24,25,26). The van der Waals surface area contributed by atoms with Crippen LogP contribution in [0.3, 0.4) is 0 Å². The molecule has 1 amide bonds. The fraction of sp³-hybridized carbons (Fsp3) is 0.348. The maximum atomic E-state index is 12.8. The van der Waals surface area contributed by atoms with Gasteiger partial charge in [-0.3, -0.25) is 4.79 Å². The van der Waals surface area contributed by atoms with E-state index in [0.29, 0.717) is 30.4 Å². The van der Waals surface area contributed by atoms with Gasteiger partial charge in [0.1, 0.15) is 17.3 Å². The molecule has 0 bridgehead atoms. The van der Waals surface area contributed by atoms with Gasteiger partial charge in [0.2, 0.25) is 5.95 Å². The number of furan rings is 1. The number of aromatic nitrogens is 2. The van der Waals surface area contributed by atoms with E-state index in [1.165, 1.54) is 5.56 Å². The van der Waals surface area contributed by atoms with Crippen molar-refractivity contribution >= 4 is 23.4 Å². The second kappa shape index (κ2) is 8.18. The number of piperazine rings is 1. The number of aryl methyl sites for hydroxylation is 4. The Hall–Kier alpha value is -3.35. The topological polar surface area (TPSA) is 74.5 Å². The van der Waals surface area contributed by atoms with Crippen molar-refractivity contribution in [2.45, 2.75) is 27.7 Å². The molecule has 7 heteroatoms. The number of carbonyl (C=O) groups excluding carboxylic acids is 1. The van der Waals surface area contributed by atoms with Crippen molar-refractivity contribution in [3.63, 3.8) is 0 Å². The van der Waals surface area contributed by atoms with Gasteiger partial charge in [0.05, 0.1) is 5.56 Å². The lowest BCUT2D eigenvalue weighted by Crippen LogP contribution is -2.49. The average Bonchev–Trinajstić information content (AvgIpc) is 3.07. The van der Waals surface area contributed by atoms with Gasteiger partial charge in [-0.2, -0.15) is 4.98 Å². The van der Waals surface area contributed by atoms with Crippen LogP contribution in [0.2, 0.25) is 0 Å². The first-order chi connectivity index (χ1) is 14.4. The summed E-state index contributed by atoms with van der Waals surface area (Å²) >= 11 is 0. The second-order valence-electron chi connectivity index (χ2n) is 7.79. The highest BCUT2D eigenvalue weighted by Crippen LogP contribution is 2.22. The van der Waals surface area contributed by atoms with Gasteiger partial charge in [-0.05, 0) is 45.9 Å². The molecule has 30 heavy (non-hydrogen) atoms. The first kappa shape index (κ1) is 19.9. The Kier molecular flexibility index (Phi) is 5.44. The minimum absolute atomic E-state index is 0.0320. The molecule has 0 spiro atoms. The van der Waals surface area contributed by atoms with Crippen LogP contribution in [0.4, 0.5) is 17.5 Å². The van der Waals surface area contributed by atoms with Crippen molar-refractivity contribution in [1.29, 1.82) is 0 Å². The van der Waals surface area contributed by atoms with Crippen LogP contribution >= 0.6 is 0 Å². The van der Waals surface area contributed by atoms with E-state index in [1.807, 2.05) is 49.9 Å².